The summed E-state index contributed by atoms with van der Waals surface area (Å²) in [5.74, 6) is 1.14. The van der Waals surface area contributed by atoms with Gasteiger partial charge < -0.3 is 9.47 Å². The Balaban J connectivity index is 2.62. The Morgan fingerprint density at radius 1 is 0.727 bits per heavy atom. The van der Waals surface area contributed by atoms with Crippen LogP contribution in [0.15, 0.2) is 24.3 Å². The molecule has 4 nitrogen and oxygen atoms in total. The van der Waals surface area contributed by atoms with E-state index in [9.17, 15) is 0 Å². The van der Waals surface area contributed by atoms with Crippen LogP contribution in [0.25, 0.3) is 11.1 Å². The van der Waals surface area contributed by atoms with Gasteiger partial charge in [-0.1, -0.05) is 12.1 Å². The lowest BCUT2D eigenvalue weighted by molar-refractivity contribution is 0.498. The summed E-state index contributed by atoms with van der Waals surface area (Å²) in [6, 6.07) is 7.38. The minimum absolute atomic E-state index is 0.513. The van der Waals surface area contributed by atoms with Gasteiger partial charge in [0.1, 0.15) is 11.5 Å². The second-order valence-electron chi connectivity index (χ2n) is 5.12. The summed E-state index contributed by atoms with van der Waals surface area (Å²) in [5, 5.41) is 17.3. The lowest BCUT2D eigenvalue weighted by Gasteiger charge is -2.18. The average Bonchev–Trinajstić information content (AvgIpc) is 2.52. The van der Waals surface area contributed by atoms with E-state index in [0.29, 0.717) is 11.5 Å². The first kappa shape index (κ1) is 15.4. The number of nitrogens with zero attached hydrogens (tertiary/aromatic N) is 2. The third kappa shape index (κ3) is 2.60. The van der Waals surface area contributed by atoms with E-state index in [1.807, 2.05) is 39.8 Å². The molecule has 4 heteroatoms. The first-order valence-electron chi connectivity index (χ1n) is 6.84. The van der Waals surface area contributed by atoms with Crippen molar-refractivity contribution in [2.75, 3.05) is 0 Å². The van der Waals surface area contributed by atoms with Gasteiger partial charge in [-0.15, -0.1) is 10.5 Å². The van der Waals surface area contributed by atoms with Crippen molar-refractivity contribution in [2.24, 2.45) is 0 Å². The van der Waals surface area contributed by atoms with Crippen LogP contribution in [0.4, 0.5) is 0 Å². The van der Waals surface area contributed by atoms with Crippen LogP contribution in [-0.4, -0.2) is 0 Å². The normalized spacial score (nSPS) is 9.73. The highest BCUT2D eigenvalue weighted by Gasteiger charge is 2.17. The molecule has 110 valence electrons. The first-order valence-corrected chi connectivity index (χ1v) is 6.84. The monoisotopic (exact) mass is 292 g/mol. The summed E-state index contributed by atoms with van der Waals surface area (Å²) in [6.45, 7) is 7.93. The van der Waals surface area contributed by atoms with Crippen molar-refractivity contribution in [2.45, 2.75) is 27.7 Å². The summed E-state index contributed by atoms with van der Waals surface area (Å²) in [6.07, 6.45) is 3.41. The van der Waals surface area contributed by atoms with E-state index in [-0.39, 0.29) is 0 Å². The van der Waals surface area contributed by atoms with Gasteiger partial charge in [-0.2, -0.15) is 0 Å². The highest BCUT2D eigenvalue weighted by Crippen LogP contribution is 2.38. The van der Waals surface area contributed by atoms with Crippen LogP contribution in [0.1, 0.15) is 22.3 Å². The van der Waals surface area contributed by atoms with E-state index < -0.39 is 0 Å². The Bertz CT molecular complexity index is 765. The number of hydrogen-bond donors (Lipinski definition) is 0. The van der Waals surface area contributed by atoms with Crippen LogP contribution in [0.3, 0.4) is 0 Å². The van der Waals surface area contributed by atoms with Crippen molar-refractivity contribution in [3.63, 3.8) is 0 Å². The predicted molar refractivity (Wildman–Crippen MR) is 83.3 cm³/mol. The standard InChI is InChI=1S/C18H16N2O2/c1-11-13(3)18(22-10-20)14(4)12(2)17(11)15-5-7-16(8-6-15)21-9-19/h5-8H,1-4H3. The maximum Gasteiger partial charge on any atom is 0.292 e. The van der Waals surface area contributed by atoms with Crippen LogP contribution in [-0.2, 0) is 0 Å². The zero-order valence-corrected chi connectivity index (χ0v) is 13.0. The van der Waals surface area contributed by atoms with Crippen LogP contribution < -0.4 is 9.47 Å². The van der Waals surface area contributed by atoms with Crippen molar-refractivity contribution >= 4 is 0 Å². The molecule has 0 saturated carbocycles. The van der Waals surface area contributed by atoms with Gasteiger partial charge in [0.2, 0.25) is 0 Å². The second kappa shape index (κ2) is 6.20. The number of benzene rings is 2. The fraction of sp³-hybridized carbons (Fsp3) is 0.222. The molecular weight excluding hydrogens is 276 g/mol. The zero-order valence-electron chi connectivity index (χ0n) is 13.0. The van der Waals surface area contributed by atoms with Crippen molar-refractivity contribution < 1.29 is 9.47 Å². The summed E-state index contributed by atoms with van der Waals surface area (Å²) in [4.78, 5) is 0. The number of nitriles is 2. The van der Waals surface area contributed by atoms with Gasteiger partial charge >= 0.3 is 0 Å². The summed E-state index contributed by atoms with van der Waals surface area (Å²) in [5.41, 5.74) is 6.21. The molecule has 0 aromatic heterocycles. The van der Waals surface area contributed by atoms with Gasteiger partial charge in [0.05, 0.1) is 0 Å². The van der Waals surface area contributed by atoms with E-state index in [0.717, 1.165) is 33.4 Å². The van der Waals surface area contributed by atoms with E-state index in [2.05, 4.69) is 0 Å². The van der Waals surface area contributed by atoms with Crippen molar-refractivity contribution in [1.29, 1.82) is 10.5 Å². The third-order valence-electron chi connectivity index (χ3n) is 4.01. The molecule has 0 radical (unpaired) electrons. The minimum atomic E-state index is 0.513. The third-order valence-corrected chi connectivity index (χ3v) is 4.01. The quantitative estimate of drug-likeness (QED) is 0.791. The Morgan fingerprint density at radius 3 is 1.68 bits per heavy atom. The molecule has 0 N–H and O–H groups in total. The molecule has 0 bridgehead atoms. The van der Waals surface area contributed by atoms with Gasteiger partial charge in [-0.3, -0.25) is 0 Å². The van der Waals surface area contributed by atoms with Gasteiger partial charge in [0.15, 0.2) is 0 Å². The minimum Gasteiger partial charge on any atom is -0.388 e. The molecule has 0 aliphatic carbocycles. The van der Waals surface area contributed by atoms with Crippen LogP contribution >= 0.6 is 0 Å². The van der Waals surface area contributed by atoms with Crippen molar-refractivity contribution in [1.82, 2.24) is 0 Å². The fourth-order valence-electron chi connectivity index (χ4n) is 2.65. The van der Waals surface area contributed by atoms with Gasteiger partial charge in [-0.25, -0.2) is 0 Å². The molecule has 0 fully saturated rings. The maximum atomic E-state index is 8.81. The van der Waals surface area contributed by atoms with Crippen LogP contribution in [0.2, 0.25) is 0 Å². The largest absolute Gasteiger partial charge is 0.388 e. The Hall–Kier alpha value is -2.98. The molecule has 0 aliphatic heterocycles. The Labute approximate surface area is 130 Å². The molecule has 2 aromatic rings. The van der Waals surface area contributed by atoms with E-state index in [1.165, 1.54) is 0 Å². The summed E-state index contributed by atoms with van der Waals surface area (Å²) >= 11 is 0. The zero-order chi connectivity index (χ0) is 16.3. The van der Waals surface area contributed by atoms with Gasteiger partial charge in [0, 0.05) is 0 Å². The first-order chi connectivity index (χ1) is 10.5. The highest BCUT2D eigenvalue weighted by atomic mass is 16.5. The molecule has 0 amide bonds. The molecule has 0 saturated heterocycles. The van der Waals surface area contributed by atoms with Gasteiger partial charge in [-0.05, 0) is 73.2 Å². The molecule has 0 atom stereocenters. The Morgan fingerprint density at radius 2 is 1.23 bits per heavy atom. The molecule has 0 aliphatic rings. The van der Waals surface area contributed by atoms with Crippen molar-refractivity contribution in [3.8, 4) is 35.1 Å². The number of rotatable bonds is 3. The van der Waals surface area contributed by atoms with Crippen LogP contribution in [0, 0.1) is 50.7 Å². The predicted octanol–water partition coefficient (Wildman–Crippen LogP) is 4.31. The van der Waals surface area contributed by atoms with E-state index >= 15 is 0 Å². The lowest BCUT2D eigenvalue weighted by atomic mass is 9.89. The van der Waals surface area contributed by atoms with Crippen molar-refractivity contribution in [3.05, 3.63) is 46.5 Å². The maximum absolute atomic E-state index is 8.81. The highest BCUT2D eigenvalue weighted by molar-refractivity contribution is 5.76. The molecule has 2 aromatic carbocycles. The summed E-state index contributed by atoms with van der Waals surface area (Å²) < 4.78 is 9.93. The molecule has 2 rings (SSSR count). The van der Waals surface area contributed by atoms with Gasteiger partial charge in [0.25, 0.3) is 12.5 Å². The van der Waals surface area contributed by atoms with Crippen LogP contribution in [0.5, 0.6) is 11.5 Å². The topological polar surface area (TPSA) is 66.0 Å². The summed E-state index contributed by atoms with van der Waals surface area (Å²) in [7, 11) is 0. The average molecular weight is 292 g/mol. The molecule has 0 unspecified atom stereocenters. The molecule has 0 heterocycles. The smallest absolute Gasteiger partial charge is 0.292 e. The SMILES string of the molecule is Cc1c(C)c(-c2ccc(OC#N)cc2)c(C)c(C)c1OC#N. The molecular formula is C18H16N2O2. The lowest BCUT2D eigenvalue weighted by Crippen LogP contribution is -2.00. The van der Waals surface area contributed by atoms with E-state index in [4.69, 9.17) is 20.0 Å². The number of ether oxygens (including phenoxy) is 2. The number of hydrogen-bond acceptors (Lipinski definition) is 4. The van der Waals surface area contributed by atoms with E-state index in [1.54, 1.807) is 24.6 Å². The second-order valence-corrected chi connectivity index (χ2v) is 5.12. The fourth-order valence-corrected chi connectivity index (χ4v) is 2.65. The Kier molecular flexibility index (Phi) is 4.34. The molecule has 22 heavy (non-hydrogen) atoms. The molecule has 0 spiro atoms.